The molecule has 0 radical (unpaired) electrons. The molecule has 0 unspecified atom stereocenters. The molecule has 4 rings (SSSR count). The van der Waals surface area contributed by atoms with E-state index in [1.807, 2.05) is 8.73 Å². The molecule has 162 valence electrons. The maximum absolute atomic E-state index is 1.88. The predicted molar refractivity (Wildman–Crippen MR) is 128 cm³/mol. The zero-order valence-electron chi connectivity index (χ0n) is 18.8. The third-order valence-electron chi connectivity index (χ3n) is 8.79. The van der Waals surface area contributed by atoms with Crippen LogP contribution in [-0.2, 0) is 0 Å². The summed E-state index contributed by atoms with van der Waals surface area (Å²) in [6.07, 6.45) is 32.6. The zero-order valence-corrected chi connectivity index (χ0v) is 23.9. The van der Waals surface area contributed by atoms with Gasteiger partial charge >= 0.3 is 193 Å². The number of rotatable bonds is 7. The van der Waals surface area contributed by atoms with Crippen molar-refractivity contribution in [2.75, 3.05) is 0 Å². The van der Waals surface area contributed by atoms with Crippen LogP contribution in [0.4, 0.5) is 0 Å². The van der Waals surface area contributed by atoms with E-state index in [-0.39, 0.29) is 0 Å². The summed E-state index contributed by atoms with van der Waals surface area (Å²) in [5.41, 5.74) is 0. The Hall–Kier alpha value is 1.64. The molecule has 0 aromatic rings. The van der Waals surface area contributed by atoms with Gasteiger partial charge in [0, 0.05) is 0 Å². The van der Waals surface area contributed by atoms with Crippen molar-refractivity contribution >= 4 is 40.4 Å². The van der Waals surface area contributed by atoms with Crippen molar-refractivity contribution in [1.29, 1.82) is 0 Å². The topological polar surface area (TPSA) is 0 Å². The summed E-state index contributed by atoms with van der Waals surface area (Å²) in [6, 6.07) is 0. The van der Waals surface area contributed by atoms with Crippen molar-refractivity contribution in [1.82, 2.24) is 0 Å². The molecule has 4 aliphatic carbocycles. The minimum absolute atomic E-state index is 1.05. The quantitative estimate of drug-likeness (QED) is 0.254. The van der Waals surface area contributed by atoms with Gasteiger partial charge in [-0.15, -0.1) is 0 Å². The van der Waals surface area contributed by atoms with Crippen molar-refractivity contribution in [3.05, 3.63) is 0 Å². The van der Waals surface area contributed by atoms with Crippen LogP contribution in [0.3, 0.4) is 0 Å². The average molecular weight is 604 g/mol. The van der Waals surface area contributed by atoms with Gasteiger partial charge in [0.1, 0.15) is 0 Å². The van der Waals surface area contributed by atoms with E-state index >= 15 is 0 Å². The molecule has 0 N–H and O–H groups in total. The van der Waals surface area contributed by atoms with Crippen molar-refractivity contribution in [3.63, 3.8) is 0 Å². The number of hydrogen-bond acceptors (Lipinski definition) is 0. The molecule has 0 bridgehead atoms. The van der Waals surface area contributed by atoms with E-state index in [1.54, 1.807) is 128 Å². The van der Waals surface area contributed by atoms with Crippen LogP contribution in [0.2, 0.25) is 24.2 Å². The van der Waals surface area contributed by atoms with E-state index in [9.17, 15) is 0 Å². The molecule has 0 aromatic heterocycles. The van der Waals surface area contributed by atoms with Gasteiger partial charge in [-0.25, -0.2) is 0 Å². The molecule has 0 spiro atoms. The van der Waals surface area contributed by atoms with Crippen LogP contribution in [0.15, 0.2) is 0 Å². The third-order valence-corrected chi connectivity index (χ3v) is 32.7. The Labute approximate surface area is 191 Å². The van der Waals surface area contributed by atoms with Crippen LogP contribution in [0.25, 0.3) is 0 Å². The molecule has 4 fully saturated rings. The molecule has 28 heavy (non-hydrogen) atoms. The molecular formula is C26H48Sb2. The van der Waals surface area contributed by atoms with Crippen LogP contribution in [-0.4, -0.2) is 40.4 Å². The van der Waals surface area contributed by atoms with Crippen molar-refractivity contribution in [2.24, 2.45) is 0 Å². The van der Waals surface area contributed by atoms with Crippen LogP contribution < -0.4 is 0 Å². The molecule has 2 heteroatoms. The van der Waals surface area contributed by atoms with Crippen molar-refractivity contribution in [2.45, 2.75) is 153 Å². The molecule has 4 saturated carbocycles. The molecule has 0 saturated heterocycles. The fourth-order valence-electron chi connectivity index (χ4n) is 7.21. The fourth-order valence-corrected chi connectivity index (χ4v) is 36.7. The summed E-state index contributed by atoms with van der Waals surface area (Å²) in [4.78, 5) is 0. The predicted octanol–water partition coefficient (Wildman–Crippen LogP) is 9.31. The van der Waals surface area contributed by atoms with Gasteiger partial charge < -0.3 is 0 Å². The van der Waals surface area contributed by atoms with Gasteiger partial charge in [-0.3, -0.25) is 0 Å². The van der Waals surface area contributed by atoms with Crippen LogP contribution in [0.1, 0.15) is 128 Å². The Morgan fingerprint density at radius 2 is 0.536 bits per heavy atom. The Balaban J connectivity index is 1.41. The van der Waals surface area contributed by atoms with E-state index < -0.39 is 40.4 Å². The van der Waals surface area contributed by atoms with E-state index in [2.05, 4.69) is 0 Å². The fraction of sp³-hybridized carbons (Fsp3) is 1.00. The van der Waals surface area contributed by atoms with E-state index in [0.717, 1.165) is 0 Å². The first-order valence-electron chi connectivity index (χ1n) is 13.4. The van der Waals surface area contributed by atoms with Crippen LogP contribution >= 0.6 is 0 Å². The molecule has 0 nitrogen and oxygen atoms in total. The van der Waals surface area contributed by atoms with Crippen LogP contribution in [0.5, 0.6) is 0 Å². The molecule has 0 aromatic carbocycles. The van der Waals surface area contributed by atoms with Gasteiger partial charge in [-0.2, -0.15) is 0 Å². The molecule has 0 aliphatic heterocycles. The van der Waals surface area contributed by atoms with E-state index in [0.29, 0.717) is 0 Å². The normalized spacial score (nSPS) is 27.6. The first kappa shape index (κ1) is 22.8. The SMILES string of the molecule is C1CC[CH]([Sb]([CH2][CH2][Sb]([CH]2CCCCC2)[CH]2CCCCC2)[CH]2CCCCC2)CC1. The summed E-state index contributed by atoms with van der Waals surface area (Å²) in [6.45, 7) is 0. The van der Waals surface area contributed by atoms with Gasteiger partial charge in [-0.05, 0) is 0 Å². The van der Waals surface area contributed by atoms with E-state index in [1.165, 1.54) is 15.5 Å². The summed E-state index contributed by atoms with van der Waals surface area (Å²) in [7, 11) is 0. The second-order valence-corrected chi connectivity index (χ2v) is 27.4. The van der Waals surface area contributed by atoms with Crippen molar-refractivity contribution in [3.8, 4) is 0 Å². The van der Waals surface area contributed by atoms with E-state index in [4.69, 9.17) is 0 Å². The average Bonchev–Trinajstić information content (AvgIpc) is 2.79. The Bertz CT molecular complexity index is 336. The summed E-state index contributed by atoms with van der Waals surface area (Å²) in [5.74, 6) is 0. The molecule has 0 heterocycles. The monoisotopic (exact) mass is 602 g/mol. The number of hydrogen-bond donors (Lipinski definition) is 0. The van der Waals surface area contributed by atoms with Gasteiger partial charge in [-0.1, -0.05) is 0 Å². The first-order valence-corrected chi connectivity index (χ1v) is 22.9. The van der Waals surface area contributed by atoms with Gasteiger partial charge in [0.05, 0.1) is 0 Å². The summed E-state index contributed by atoms with van der Waals surface area (Å²) < 4.78 is 9.04. The van der Waals surface area contributed by atoms with Gasteiger partial charge in [0.15, 0.2) is 0 Å². The second kappa shape index (κ2) is 12.6. The molecule has 4 aliphatic rings. The summed E-state index contributed by atoms with van der Waals surface area (Å²) >= 11 is -2.10. The summed E-state index contributed by atoms with van der Waals surface area (Å²) in [5, 5.41) is 0. The Morgan fingerprint density at radius 3 is 0.750 bits per heavy atom. The van der Waals surface area contributed by atoms with Gasteiger partial charge in [0.25, 0.3) is 0 Å². The van der Waals surface area contributed by atoms with Gasteiger partial charge in [0.2, 0.25) is 0 Å². The Kier molecular flexibility index (Phi) is 10.3. The second-order valence-electron chi connectivity index (χ2n) is 10.6. The molecule has 0 atom stereocenters. The minimum atomic E-state index is -1.05. The first-order chi connectivity index (χ1) is 13.9. The van der Waals surface area contributed by atoms with Crippen molar-refractivity contribution < 1.29 is 0 Å². The standard InChI is InChI=1S/4C6H11.C2H4.2Sb/c4*1-2-4-6-5-3-1;1-2;;/h4*1H,2-6H2;1-2H2;;. The Morgan fingerprint density at radius 1 is 0.321 bits per heavy atom. The zero-order chi connectivity index (χ0) is 19.0. The third kappa shape index (κ3) is 6.57. The maximum atomic E-state index is 1.88. The molecular weight excluding hydrogens is 556 g/mol. The van der Waals surface area contributed by atoms with Crippen LogP contribution in [0, 0.1) is 0 Å². The molecule has 0 amide bonds.